The van der Waals surface area contributed by atoms with E-state index in [0.717, 1.165) is 10.7 Å². The van der Waals surface area contributed by atoms with Crippen molar-refractivity contribution < 1.29 is 14.6 Å². The molecule has 0 saturated carbocycles. The maximum Gasteiger partial charge on any atom is 0.253 e. The molecule has 6 heteroatoms. The molecule has 0 radical (unpaired) electrons. The Morgan fingerprint density at radius 1 is 1.43 bits per heavy atom. The molecule has 0 fully saturated rings. The summed E-state index contributed by atoms with van der Waals surface area (Å²) < 4.78 is 5.10. The Kier molecular flexibility index (Phi) is 5.38. The molecule has 124 valence electrons. The van der Waals surface area contributed by atoms with E-state index in [0.29, 0.717) is 17.9 Å². The molecule has 5 nitrogen and oxygen atoms in total. The number of carbonyl (C=O) groups excluding carboxylic acids is 1. The van der Waals surface area contributed by atoms with Crippen LogP contribution < -0.4 is 10.1 Å². The minimum atomic E-state index is -1.23. The Labute approximate surface area is 140 Å². The monoisotopic (exact) mass is 334 g/mol. The molecule has 0 saturated heterocycles. The standard InChI is InChI=1S/C17H22N2O3S/c1-17(2,3)16-19-12(10-23-16)9-18-15(21)14(20)11-6-5-7-13(8-11)22-4/h5-8,10,14,20H,9H2,1-4H3,(H,18,21). The fourth-order valence-corrected chi connectivity index (χ4v) is 2.88. The number of aromatic nitrogens is 1. The number of methoxy groups -OCH3 is 1. The van der Waals surface area contributed by atoms with E-state index in [1.807, 2.05) is 5.38 Å². The van der Waals surface area contributed by atoms with Gasteiger partial charge in [0.2, 0.25) is 0 Å². The number of amides is 1. The van der Waals surface area contributed by atoms with Gasteiger partial charge in [-0.3, -0.25) is 4.79 Å². The Hall–Kier alpha value is -1.92. The smallest absolute Gasteiger partial charge is 0.253 e. The van der Waals surface area contributed by atoms with Gasteiger partial charge in [-0.15, -0.1) is 11.3 Å². The van der Waals surface area contributed by atoms with Gasteiger partial charge in [0.15, 0.2) is 6.10 Å². The maximum absolute atomic E-state index is 12.1. The van der Waals surface area contributed by atoms with Crippen LogP contribution in [0.5, 0.6) is 5.75 Å². The van der Waals surface area contributed by atoms with Crippen molar-refractivity contribution in [2.75, 3.05) is 7.11 Å². The highest BCUT2D eigenvalue weighted by Gasteiger charge is 2.20. The first kappa shape index (κ1) is 17.4. The number of carbonyl (C=O) groups is 1. The zero-order chi connectivity index (χ0) is 17.0. The van der Waals surface area contributed by atoms with Crippen LogP contribution in [0.4, 0.5) is 0 Å². The predicted molar refractivity (Wildman–Crippen MR) is 90.6 cm³/mol. The summed E-state index contributed by atoms with van der Waals surface area (Å²) >= 11 is 1.58. The van der Waals surface area contributed by atoms with Crippen LogP contribution in [-0.4, -0.2) is 23.1 Å². The first-order valence-electron chi connectivity index (χ1n) is 7.36. The Morgan fingerprint density at radius 2 is 2.17 bits per heavy atom. The lowest BCUT2D eigenvalue weighted by atomic mass is 9.98. The third-order valence-corrected chi connectivity index (χ3v) is 4.61. The highest BCUT2D eigenvalue weighted by Crippen LogP contribution is 2.25. The lowest BCUT2D eigenvalue weighted by molar-refractivity contribution is -0.129. The van der Waals surface area contributed by atoms with E-state index in [1.165, 1.54) is 0 Å². The number of hydrogen-bond acceptors (Lipinski definition) is 5. The van der Waals surface area contributed by atoms with E-state index < -0.39 is 12.0 Å². The molecule has 1 atom stereocenters. The highest BCUT2D eigenvalue weighted by molar-refractivity contribution is 7.09. The SMILES string of the molecule is COc1cccc(C(O)C(=O)NCc2csc(C(C)(C)C)n2)c1. The number of rotatable bonds is 5. The van der Waals surface area contributed by atoms with Crippen LogP contribution in [0.2, 0.25) is 0 Å². The first-order chi connectivity index (χ1) is 10.8. The summed E-state index contributed by atoms with van der Waals surface area (Å²) in [6.07, 6.45) is -1.23. The van der Waals surface area contributed by atoms with Gasteiger partial charge in [-0.05, 0) is 17.7 Å². The summed E-state index contributed by atoms with van der Waals surface area (Å²) in [6, 6.07) is 6.83. The number of thiazole rings is 1. The topological polar surface area (TPSA) is 71.5 Å². The van der Waals surface area contributed by atoms with Crippen LogP contribution in [-0.2, 0) is 16.8 Å². The number of benzene rings is 1. The Bertz CT molecular complexity index is 676. The summed E-state index contributed by atoms with van der Waals surface area (Å²) in [5.74, 6) is 0.146. The zero-order valence-electron chi connectivity index (χ0n) is 13.8. The van der Waals surface area contributed by atoms with E-state index in [9.17, 15) is 9.90 Å². The van der Waals surface area contributed by atoms with Gasteiger partial charge in [-0.2, -0.15) is 0 Å². The zero-order valence-corrected chi connectivity index (χ0v) is 14.6. The molecule has 1 heterocycles. The fourth-order valence-electron chi connectivity index (χ4n) is 1.97. The van der Waals surface area contributed by atoms with Crippen molar-refractivity contribution in [2.45, 2.75) is 38.8 Å². The Morgan fingerprint density at radius 3 is 2.78 bits per heavy atom. The summed E-state index contributed by atoms with van der Waals surface area (Å²) in [4.78, 5) is 16.6. The van der Waals surface area contributed by atoms with Crippen molar-refractivity contribution in [3.8, 4) is 5.75 Å². The second-order valence-corrected chi connectivity index (χ2v) is 7.15. The van der Waals surface area contributed by atoms with Crippen LogP contribution in [0.25, 0.3) is 0 Å². The summed E-state index contributed by atoms with van der Waals surface area (Å²) in [6.45, 7) is 6.59. The second-order valence-electron chi connectivity index (χ2n) is 6.29. The van der Waals surface area contributed by atoms with E-state index >= 15 is 0 Å². The van der Waals surface area contributed by atoms with Gasteiger partial charge in [-0.25, -0.2) is 4.98 Å². The van der Waals surface area contributed by atoms with Gasteiger partial charge in [0.25, 0.3) is 5.91 Å². The van der Waals surface area contributed by atoms with Crippen LogP contribution in [0, 0.1) is 0 Å². The summed E-state index contributed by atoms with van der Waals surface area (Å²) in [5.41, 5.74) is 1.29. The van der Waals surface area contributed by atoms with Crippen molar-refractivity contribution in [1.82, 2.24) is 10.3 Å². The molecule has 0 aliphatic heterocycles. The minimum Gasteiger partial charge on any atom is -0.497 e. The lowest BCUT2D eigenvalue weighted by Gasteiger charge is -2.14. The number of nitrogens with zero attached hydrogens (tertiary/aromatic N) is 1. The van der Waals surface area contributed by atoms with Crippen molar-refractivity contribution in [2.24, 2.45) is 0 Å². The first-order valence-corrected chi connectivity index (χ1v) is 8.24. The van der Waals surface area contributed by atoms with Crippen molar-refractivity contribution in [1.29, 1.82) is 0 Å². The molecule has 2 aromatic rings. The largest absolute Gasteiger partial charge is 0.497 e. The molecular weight excluding hydrogens is 312 g/mol. The molecule has 0 spiro atoms. The molecule has 1 aromatic carbocycles. The van der Waals surface area contributed by atoms with Crippen LogP contribution in [0.3, 0.4) is 0 Å². The number of hydrogen-bond donors (Lipinski definition) is 2. The normalized spacial score (nSPS) is 12.7. The van der Waals surface area contributed by atoms with Gasteiger partial charge in [0.1, 0.15) is 5.75 Å². The fraction of sp³-hybridized carbons (Fsp3) is 0.412. The second kappa shape index (κ2) is 7.10. The molecular formula is C17H22N2O3S. The third kappa shape index (κ3) is 4.53. The van der Waals surface area contributed by atoms with Crippen molar-refractivity contribution in [3.05, 3.63) is 45.9 Å². The summed E-state index contributed by atoms with van der Waals surface area (Å²) in [5, 5.41) is 15.8. The molecule has 0 bridgehead atoms. The molecule has 0 aliphatic carbocycles. The van der Waals surface area contributed by atoms with E-state index in [-0.39, 0.29) is 5.41 Å². The number of aliphatic hydroxyl groups excluding tert-OH is 1. The lowest BCUT2D eigenvalue weighted by Crippen LogP contribution is -2.29. The van der Waals surface area contributed by atoms with Gasteiger partial charge in [-0.1, -0.05) is 32.9 Å². The quantitative estimate of drug-likeness (QED) is 0.882. The average molecular weight is 334 g/mol. The molecule has 1 aromatic heterocycles. The van der Waals surface area contributed by atoms with Crippen molar-refractivity contribution >= 4 is 17.2 Å². The van der Waals surface area contributed by atoms with Crippen LogP contribution in [0.1, 0.15) is 43.1 Å². The maximum atomic E-state index is 12.1. The van der Waals surface area contributed by atoms with Gasteiger partial charge < -0.3 is 15.2 Å². The van der Waals surface area contributed by atoms with E-state index in [4.69, 9.17) is 4.74 Å². The minimum absolute atomic E-state index is 0.00691. The number of aliphatic hydroxyl groups is 1. The van der Waals surface area contributed by atoms with E-state index in [2.05, 4.69) is 31.1 Å². The van der Waals surface area contributed by atoms with Gasteiger partial charge in [0.05, 0.1) is 24.4 Å². The molecule has 1 unspecified atom stereocenters. The molecule has 2 rings (SSSR count). The number of nitrogens with one attached hydrogen (secondary N) is 1. The Balaban J connectivity index is 1.97. The van der Waals surface area contributed by atoms with Crippen molar-refractivity contribution in [3.63, 3.8) is 0 Å². The number of ether oxygens (including phenoxy) is 1. The molecule has 0 aliphatic rings. The van der Waals surface area contributed by atoms with Crippen LogP contribution >= 0.6 is 11.3 Å². The molecule has 23 heavy (non-hydrogen) atoms. The van der Waals surface area contributed by atoms with Gasteiger partial charge >= 0.3 is 0 Å². The van der Waals surface area contributed by atoms with Gasteiger partial charge in [0, 0.05) is 10.8 Å². The van der Waals surface area contributed by atoms with Crippen LogP contribution in [0.15, 0.2) is 29.6 Å². The molecule has 2 N–H and O–H groups in total. The third-order valence-electron chi connectivity index (χ3n) is 3.29. The average Bonchev–Trinajstić information content (AvgIpc) is 3.01. The van der Waals surface area contributed by atoms with E-state index in [1.54, 1.807) is 42.7 Å². The predicted octanol–water partition coefficient (Wildman–Crippen LogP) is 2.80. The highest BCUT2D eigenvalue weighted by atomic mass is 32.1. The summed E-state index contributed by atoms with van der Waals surface area (Å²) in [7, 11) is 1.54. The molecule has 1 amide bonds.